The van der Waals surface area contributed by atoms with Gasteiger partial charge in [0.2, 0.25) is 5.95 Å². The number of piperazine rings is 1. The van der Waals surface area contributed by atoms with E-state index >= 15 is 0 Å². The van der Waals surface area contributed by atoms with Crippen molar-refractivity contribution < 1.29 is 37.4 Å². The molecule has 0 radical (unpaired) electrons. The summed E-state index contributed by atoms with van der Waals surface area (Å²) in [6.07, 6.45) is 2.61. The summed E-state index contributed by atoms with van der Waals surface area (Å²) in [5, 5.41) is 3.00. The topological polar surface area (TPSA) is 150 Å². The van der Waals surface area contributed by atoms with Crippen LogP contribution in [-0.4, -0.2) is 92.7 Å². The number of halogens is 2. The Labute approximate surface area is 305 Å². The van der Waals surface area contributed by atoms with Gasteiger partial charge in [-0.3, -0.25) is 19.0 Å². The highest BCUT2D eigenvalue weighted by Crippen LogP contribution is 2.27. The summed E-state index contributed by atoms with van der Waals surface area (Å²) in [6, 6.07) is 10.6. The second kappa shape index (κ2) is 16.0. The van der Waals surface area contributed by atoms with E-state index in [2.05, 4.69) is 15.3 Å². The van der Waals surface area contributed by atoms with Crippen molar-refractivity contribution in [3.63, 3.8) is 0 Å². The summed E-state index contributed by atoms with van der Waals surface area (Å²) in [5.41, 5.74) is 1.57. The van der Waals surface area contributed by atoms with Gasteiger partial charge >= 0.3 is 18.7 Å². The Morgan fingerprint density at radius 1 is 1.02 bits per heavy atom. The van der Waals surface area contributed by atoms with Crippen molar-refractivity contribution in [2.24, 2.45) is 13.0 Å². The van der Waals surface area contributed by atoms with E-state index in [1.54, 1.807) is 94.0 Å². The number of nitrogens with zero attached hydrogens (tertiary/aromatic N) is 6. The molecule has 53 heavy (non-hydrogen) atoms. The zero-order valence-corrected chi connectivity index (χ0v) is 30.8. The van der Waals surface area contributed by atoms with E-state index in [1.165, 1.54) is 10.7 Å². The van der Waals surface area contributed by atoms with E-state index in [9.17, 15) is 28.0 Å². The van der Waals surface area contributed by atoms with Gasteiger partial charge in [0.1, 0.15) is 17.4 Å². The molecule has 16 heteroatoms. The smallest absolute Gasteiger partial charge is 0.408 e. The molecule has 284 valence electrons. The van der Waals surface area contributed by atoms with Crippen molar-refractivity contribution in [2.75, 3.05) is 31.1 Å². The fourth-order valence-corrected chi connectivity index (χ4v) is 6.13. The second-order valence-electron chi connectivity index (χ2n) is 14.2. The molecule has 1 saturated heterocycles. The molecule has 2 aromatic heterocycles. The van der Waals surface area contributed by atoms with Crippen molar-refractivity contribution in [1.29, 1.82) is 0 Å². The molecule has 1 N–H and O–H groups in total. The first-order valence-electron chi connectivity index (χ1n) is 17.3. The lowest BCUT2D eigenvalue weighted by Crippen LogP contribution is -2.55. The number of alkyl carbamates (subject to hydrolysis) is 1. The molecule has 0 spiro atoms. The van der Waals surface area contributed by atoms with Crippen LogP contribution in [-0.2, 0) is 32.7 Å². The van der Waals surface area contributed by atoms with Crippen LogP contribution >= 0.6 is 0 Å². The summed E-state index contributed by atoms with van der Waals surface area (Å²) >= 11 is 0. The lowest BCUT2D eigenvalue weighted by molar-refractivity contribution is -0.155. The maximum Gasteiger partial charge on any atom is 0.408 e. The zero-order valence-electron chi connectivity index (χ0n) is 30.8. The molecule has 0 unspecified atom stereocenters. The summed E-state index contributed by atoms with van der Waals surface area (Å²) < 4.78 is 44.5. The van der Waals surface area contributed by atoms with Gasteiger partial charge in [0.25, 0.3) is 11.5 Å². The molecule has 14 nitrogen and oxygen atoms in total. The first-order valence-corrected chi connectivity index (χ1v) is 17.3. The lowest BCUT2D eigenvalue weighted by atomic mass is 10.1. The Hall–Kier alpha value is -5.54. The van der Waals surface area contributed by atoms with Crippen LogP contribution in [0.4, 0.5) is 19.5 Å². The average molecular weight is 738 g/mol. The quantitative estimate of drug-likeness (QED) is 0.217. The SMILES string of the molecule is CC(C)[C@@H](NC(=O)OC(C)(C)C)C(=O)OCC(=O)N1CCN(c2ncc(-c3ccc4c(=O)n(C)n(Cc5ccccc5OC(F)F)c4c3)cn2)C[C@H]1C. The van der Waals surface area contributed by atoms with Crippen LogP contribution in [0.2, 0.25) is 0 Å². The van der Waals surface area contributed by atoms with Crippen LogP contribution in [0.5, 0.6) is 5.75 Å². The lowest BCUT2D eigenvalue weighted by Gasteiger charge is -2.39. The van der Waals surface area contributed by atoms with E-state index in [1.807, 2.05) is 17.9 Å². The predicted molar refractivity (Wildman–Crippen MR) is 193 cm³/mol. The molecule has 2 atom stereocenters. The molecule has 3 heterocycles. The number of para-hydroxylation sites is 1. The minimum absolute atomic E-state index is 0.0318. The number of benzene rings is 2. The maximum atomic E-state index is 13.1. The van der Waals surface area contributed by atoms with Crippen molar-refractivity contribution in [3.8, 4) is 16.9 Å². The number of rotatable bonds is 11. The minimum Gasteiger partial charge on any atom is -0.454 e. The highest BCUT2D eigenvalue weighted by Gasteiger charge is 2.32. The largest absolute Gasteiger partial charge is 0.454 e. The molecule has 5 rings (SSSR count). The van der Waals surface area contributed by atoms with Gasteiger partial charge in [0.15, 0.2) is 6.61 Å². The van der Waals surface area contributed by atoms with Crippen LogP contribution in [0.15, 0.2) is 59.7 Å². The van der Waals surface area contributed by atoms with Gasteiger partial charge < -0.3 is 29.3 Å². The van der Waals surface area contributed by atoms with Crippen LogP contribution in [0, 0.1) is 5.92 Å². The van der Waals surface area contributed by atoms with Gasteiger partial charge in [-0.2, -0.15) is 8.78 Å². The van der Waals surface area contributed by atoms with Crippen molar-refractivity contribution in [1.82, 2.24) is 29.5 Å². The van der Waals surface area contributed by atoms with Crippen LogP contribution in [0.1, 0.15) is 47.1 Å². The summed E-state index contributed by atoms with van der Waals surface area (Å²) in [6.45, 7) is 8.43. The standard InChI is InChI=1S/C37H45F2N7O7/c1-22(2)31(42-36(50)53-37(4,5)6)33(49)51-21-30(47)45-15-14-44(19-23(45)3)35-40-17-26(18-41-35)24-12-13-27-28(16-24)46(43(7)32(27)48)20-25-10-8-9-11-29(25)52-34(38)39/h8-13,16-18,22-23,31,34H,14-15,19-21H2,1-7H3,(H,42,50)/t23-,31-/m1/s1. The number of hydrogen-bond acceptors (Lipinski definition) is 10. The third-order valence-electron chi connectivity index (χ3n) is 8.80. The van der Waals surface area contributed by atoms with E-state index in [-0.39, 0.29) is 35.7 Å². The molecule has 4 aromatic rings. The fourth-order valence-electron chi connectivity index (χ4n) is 6.13. The number of alkyl halides is 2. The van der Waals surface area contributed by atoms with Gasteiger partial charge in [-0.1, -0.05) is 38.1 Å². The average Bonchev–Trinajstić information content (AvgIpc) is 3.33. The maximum absolute atomic E-state index is 13.1. The summed E-state index contributed by atoms with van der Waals surface area (Å²) in [5.74, 6) is -0.877. The molecule has 1 aliphatic rings. The van der Waals surface area contributed by atoms with E-state index < -0.39 is 36.9 Å². The third-order valence-corrected chi connectivity index (χ3v) is 8.80. The molecule has 2 aromatic carbocycles. The number of ether oxygens (including phenoxy) is 3. The number of aromatic nitrogens is 4. The summed E-state index contributed by atoms with van der Waals surface area (Å²) in [7, 11) is 1.62. The van der Waals surface area contributed by atoms with Gasteiger partial charge in [0, 0.05) is 56.2 Å². The van der Waals surface area contributed by atoms with Crippen molar-refractivity contribution in [3.05, 3.63) is 70.8 Å². The Kier molecular flexibility index (Phi) is 11.7. The van der Waals surface area contributed by atoms with Gasteiger partial charge in [-0.15, -0.1) is 0 Å². The number of fused-ring (bicyclic) bond motifs is 1. The Bertz CT molecular complexity index is 2010. The number of anilines is 1. The number of carbonyl (C=O) groups is 3. The van der Waals surface area contributed by atoms with Crippen LogP contribution < -0.4 is 20.5 Å². The van der Waals surface area contributed by atoms with Crippen LogP contribution in [0.25, 0.3) is 22.0 Å². The predicted octanol–water partition coefficient (Wildman–Crippen LogP) is 4.58. The van der Waals surface area contributed by atoms with Crippen LogP contribution in [0.3, 0.4) is 0 Å². The molecule has 0 aliphatic carbocycles. The minimum atomic E-state index is -2.98. The van der Waals surface area contributed by atoms with Gasteiger partial charge in [0.05, 0.1) is 17.4 Å². The summed E-state index contributed by atoms with van der Waals surface area (Å²) in [4.78, 5) is 64.0. The fraction of sp³-hybridized carbons (Fsp3) is 0.459. The van der Waals surface area contributed by atoms with E-state index in [4.69, 9.17) is 14.2 Å². The van der Waals surface area contributed by atoms with Crippen molar-refractivity contribution >= 4 is 34.8 Å². The number of amides is 2. The highest BCUT2D eigenvalue weighted by molar-refractivity contribution is 5.86. The molecule has 0 bridgehead atoms. The molecule has 1 fully saturated rings. The highest BCUT2D eigenvalue weighted by atomic mass is 19.3. The number of esters is 1. The first-order chi connectivity index (χ1) is 25.0. The monoisotopic (exact) mass is 737 g/mol. The Morgan fingerprint density at radius 2 is 1.72 bits per heavy atom. The third kappa shape index (κ3) is 9.28. The van der Waals surface area contributed by atoms with E-state index in [0.29, 0.717) is 47.6 Å². The zero-order chi connectivity index (χ0) is 38.6. The number of carbonyl (C=O) groups excluding carboxylic acids is 3. The van der Waals surface area contributed by atoms with Gasteiger partial charge in [-0.05, 0) is 57.4 Å². The van der Waals surface area contributed by atoms with Crippen molar-refractivity contribution in [2.45, 2.75) is 72.4 Å². The Morgan fingerprint density at radius 3 is 2.36 bits per heavy atom. The Balaban J connectivity index is 1.22. The molecule has 0 saturated carbocycles. The molecule has 1 aliphatic heterocycles. The molecular formula is C37H45F2N7O7. The molecule has 2 amide bonds. The number of hydrogen-bond donors (Lipinski definition) is 1. The second-order valence-corrected chi connectivity index (χ2v) is 14.2. The normalized spacial score (nSPS) is 15.5. The first kappa shape index (κ1) is 38.7. The number of nitrogens with one attached hydrogen (secondary N) is 1. The molecular weight excluding hydrogens is 692 g/mol. The van der Waals surface area contributed by atoms with Gasteiger partial charge in [-0.25, -0.2) is 19.6 Å². The van der Waals surface area contributed by atoms with E-state index in [0.717, 1.165) is 5.56 Å².